The molecule has 0 aliphatic carbocycles. The van der Waals surface area contributed by atoms with Gasteiger partial charge in [-0.05, 0) is 25.0 Å². The molecule has 1 fully saturated rings. The van der Waals surface area contributed by atoms with Crippen LogP contribution in [-0.4, -0.2) is 29.1 Å². The van der Waals surface area contributed by atoms with Gasteiger partial charge in [0.15, 0.2) is 5.13 Å². The minimum Gasteiger partial charge on any atom is -0.396 e. The van der Waals surface area contributed by atoms with Crippen LogP contribution >= 0.6 is 11.3 Å². The first-order chi connectivity index (χ1) is 9.10. The minimum absolute atomic E-state index is 0.0432. The summed E-state index contributed by atoms with van der Waals surface area (Å²) in [7, 11) is 0. The molecule has 19 heavy (non-hydrogen) atoms. The normalized spacial score (nSPS) is 19.6. The summed E-state index contributed by atoms with van der Waals surface area (Å²) in [5.74, 6) is 0.107. The van der Waals surface area contributed by atoms with E-state index in [0.717, 1.165) is 20.9 Å². The van der Waals surface area contributed by atoms with Gasteiger partial charge >= 0.3 is 0 Å². The van der Waals surface area contributed by atoms with E-state index < -0.39 is 0 Å². The van der Waals surface area contributed by atoms with Crippen LogP contribution in [0, 0.1) is 19.8 Å². The van der Waals surface area contributed by atoms with Gasteiger partial charge in [-0.2, -0.15) is 0 Å². The molecular weight excluding hydrogens is 260 g/mol. The van der Waals surface area contributed by atoms with E-state index in [1.165, 1.54) is 5.56 Å². The van der Waals surface area contributed by atoms with Crippen LogP contribution in [0.15, 0.2) is 12.1 Å². The summed E-state index contributed by atoms with van der Waals surface area (Å²) in [6.07, 6.45) is 0.421. The van der Waals surface area contributed by atoms with E-state index >= 15 is 0 Å². The maximum atomic E-state index is 12.0. The second kappa shape index (κ2) is 4.58. The van der Waals surface area contributed by atoms with Crippen molar-refractivity contribution in [1.82, 2.24) is 4.98 Å². The van der Waals surface area contributed by atoms with Crippen LogP contribution in [0.3, 0.4) is 0 Å². The second-order valence-electron chi connectivity index (χ2n) is 5.13. The first kappa shape index (κ1) is 12.6. The molecule has 0 saturated carbocycles. The van der Waals surface area contributed by atoms with E-state index in [1.807, 2.05) is 6.92 Å². The van der Waals surface area contributed by atoms with E-state index in [-0.39, 0.29) is 18.4 Å². The number of nitrogens with zero attached hydrogens (tertiary/aromatic N) is 2. The summed E-state index contributed by atoms with van der Waals surface area (Å²) < 4.78 is 1.15. The summed E-state index contributed by atoms with van der Waals surface area (Å²) in [5.41, 5.74) is 3.31. The number of rotatable bonds is 2. The van der Waals surface area contributed by atoms with Crippen LogP contribution in [0.25, 0.3) is 10.2 Å². The second-order valence-corrected chi connectivity index (χ2v) is 6.11. The van der Waals surface area contributed by atoms with E-state index in [4.69, 9.17) is 0 Å². The molecule has 1 aliphatic heterocycles. The van der Waals surface area contributed by atoms with Crippen molar-refractivity contribution in [2.45, 2.75) is 20.3 Å². The van der Waals surface area contributed by atoms with Gasteiger partial charge in [-0.3, -0.25) is 9.69 Å². The summed E-state index contributed by atoms with van der Waals surface area (Å²) in [5, 5.41) is 9.94. The van der Waals surface area contributed by atoms with Gasteiger partial charge in [0.1, 0.15) is 0 Å². The van der Waals surface area contributed by atoms with Crippen molar-refractivity contribution in [2.24, 2.45) is 5.92 Å². The summed E-state index contributed by atoms with van der Waals surface area (Å²) >= 11 is 1.56. The van der Waals surface area contributed by atoms with Gasteiger partial charge in [0.05, 0.1) is 10.2 Å². The number of amides is 1. The molecule has 4 nitrogen and oxygen atoms in total. The van der Waals surface area contributed by atoms with Crippen molar-refractivity contribution in [3.05, 3.63) is 23.3 Å². The quantitative estimate of drug-likeness (QED) is 0.915. The zero-order chi connectivity index (χ0) is 13.6. The molecular formula is C14H16N2O2S. The van der Waals surface area contributed by atoms with Crippen molar-refractivity contribution in [1.29, 1.82) is 0 Å². The Labute approximate surface area is 115 Å². The predicted molar refractivity (Wildman–Crippen MR) is 76.6 cm³/mol. The van der Waals surface area contributed by atoms with Crippen molar-refractivity contribution in [3.8, 4) is 0 Å². The first-order valence-corrected chi connectivity index (χ1v) is 7.19. The third-order valence-corrected chi connectivity index (χ3v) is 4.84. The molecule has 100 valence electrons. The number of hydrogen-bond donors (Lipinski definition) is 1. The molecule has 0 spiro atoms. The number of carbonyl (C=O) groups is 1. The number of thiazole rings is 1. The average molecular weight is 276 g/mol. The Morgan fingerprint density at radius 3 is 2.79 bits per heavy atom. The molecule has 1 N–H and O–H groups in total. The summed E-state index contributed by atoms with van der Waals surface area (Å²) in [6, 6.07) is 4.14. The number of hydrogen-bond acceptors (Lipinski definition) is 4. The highest BCUT2D eigenvalue weighted by Gasteiger charge is 2.32. The Morgan fingerprint density at radius 1 is 1.42 bits per heavy atom. The molecule has 1 saturated heterocycles. The molecule has 3 rings (SSSR count). The molecule has 1 atom stereocenters. The lowest BCUT2D eigenvalue weighted by Gasteiger charge is -2.11. The Bertz CT molecular complexity index is 611. The average Bonchev–Trinajstić information content (AvgIpc) is 2.98. The van der Waals surface area contributed by atoms with Gasteiger partial charge < -0.3 is 5.11 Å². The number of aryl methyl sites for hydroxylation is 2. The monoisotopic (exact) mass is 276 g/mol. The molecule has 1 unspecified atom stereocenters. The van der Waals surface area contributed by atoms with E-state index in [1.54, 1.807) is 16.2 Å². The molecule has 1 aliphatic rings. The number of fused-ring (bicyclic) bond motifs is 1. The van der Waals surface area contributed by atoms with Crippen LogP contribution in [0.2, 0.25) is 0 Å². The van der Waals surface area contributed by atoms with Crippen LogP contribution < -0.4 is 4.90 Å². The van der Waals surface area contributed by atoms with E-state index in [9.17, 15) is 9.90 Å². The number of carbonyl (C=O) groups excluding carboxylic acids is 1. The van der Waals surface area contributed by atoms with Crippen molar-refractivity contribution in [2.75, 3.05) is 18.1 Å². The smallest absolute Gasteiger partial charge is 0.229 e. The number of aliphatic hydroxyl groups excluding tert-OH is 1. The van der Waals surface area contributed by atoms with Gasteiger partial charge in [-0.15, -0.1) is 0 Å². The fourth-order valence-corrected chi connectivity index (χ4v) is 3.59. The number of aromatic nitrogens is 1. The van der Waals surface area contributed by atoms with Gasteiger partial charge in [0, 0.05) is 25.5 Å². The van der Waals surface area contributed by atoms with Crippen LogP contribution in [0.4, 0.5) is 5.13 Å². The molecule has 1 amide bonds. The van der Waals surface area contributed by atoms with Gasteiger partial charge in [-0.25, -0.2) is 4.98 Å². The number of aliphatic hydroxyl groups is 1. The molecule has 2 aromatic rings. The summed E-state index contributed by atoms with van der Waals surface area (Å²) in [4.78, 5) is 18.3. The third kappa shape index (κ3) is 2.03. The maximum absolute atomic E-state index is 12.0. The Morgan fingerprint density at radius 2 is 2.16 bits per heavy atom. The van der Waals surface area contributed by atoms with Crippen molar-refractivity contribution >= 4 is 32.6 Å². The Balaban J connectivity index is 2.05. The zero-order valence-corrected chi connectivity index (χ0v) is 11.8. The standard InChI is InChI=1S/C14H16N2O2S/c1-8-3-4-9(2)13-12(8)15-14(19-13)16-6-10(7-17)5-11(16)18/h3-4,10,17H,5-7H2,1-2H3. The number of benzene rings is 1. The maximum Gasteiger partial charge on any atom is 0.229 e. The SMILES string of the molecule is Cc1ccc(C)c2sc(N3CC(CO)CC3=O)nc12. The van der Waals surface area contributed by atoms with Crippen LogP contribution in [0.1, 0.15) is 17.5 Å². The fourth-order valence-electron chi connectivity index (χ4n) is 2.45. The number of anilines is 1. The highest BCUT2D eigenvalue weighted by Crippen LogP contribution is 2.35. The Kier molecular flexibility index (Phi) is 3.03. The lowest BCUT2D eigenvalue weighted by molar-refractivity contribution is -0.117. The topological polar surface area (TPSA) is 53.4 Å². The lowest BCUT2D eigenvalue weighted by atomic mass is 10.1. The highest BCUT2D eigenvalue weighted by molar-refractivity contribution is 7.22. The minimum atomic E-state index is 0.0432. The zero-order valence-electron chi connectivity index (χ0n) is 11.0. The van der Waals surface area contributed by atoms with E-state index in [2.05, 4.69) is 24.0 Å². The fraction of sp³-hybridized carbons (Fsp3) is 0.429. The molecule has 1 aromatic carbocycles. The lowest BCUT2D eigenvalue weighted by Crippen LogP contribution is -2.24. The van der Waals surface area contributed by atoms with Gasteiger partial charge in [-0.1, -0.05) is 23.5 Å². The molecule has 1 aromatic heterocycles. The first-order valence-electron chi connectivity index (χ1n) is 6.38. The van der Waals surface area contributed by atoms with Crippen molar-refractivity contribution < 1.29 is 9.90 Å². The third-order valence-electron chi connectivity index (χ3n) is 3.63. The molecule has 0 radical (unpaired) electrons. The largest absolute Gasteiger partial charge is 0.396 e. The Hall–Kier alpha value is -1.46. The molecule has 0 bridgehead atoms. The van der Waals surface area contributed by atoms with Crippen molar-refractivity contribution in [3.63, 3.8) is 0 Å². The van der Waals surface area contributed by atoms with Gasteiger partial charge in [0.25, 0.3) is 0 Å². The molecule has 5 heteroatoms. The van der Waals surface area contributed by atoms with E-state index in [0.29, 0.717) is 13.0 Å². The predicted octanol–water partition coefficient (Wildman–Crippen LogP) is 2.26. The van der Waals surface area contributed by atoms with Gasteiger partial charge in [0.2, 0.25) is 5.91 Å². The molecule has 2 heterocycles. The van der Waals surface area contributed by atoms with Crippen LogP contribution in [0.5, 0.6) is 0 Å². The summed E-state index contributed by atoms with van der Waals surface area (Å²) in [6.45, 7) is 4.73. The highest BCUT2D eigenvalue weighted by atomic mass is 32.1. The van der Waals surface area contributed by atoms with Crippen LogP contribution in [-0.2, 0) is 4.79 Å².